The Kier molecular flexibility index (Phi) is 6.51. The molecular formula is C19H26F3N3O4S. The molecule has 0 aromatic heterocycles. The average Bonchev–Trinajstić information content (AvgIpc) is 3.18. The lowest BCUT2D eigenvalue weighted by Crippen LogP contribution is -2.46. The van der Waals surface area contributed by atoms with Gasteiger partial charge in [0.1, 0.15) is 0 Å². The van der Waals surface area contributed by atoms with Gasteiger partial charge in [-0.15, -0.1) is 0 Å². The van der Waals surface area contributed by atoms with Gasteiger partial charge in [-0.3, -0.25) is 0 Å². The number of alkyl halides is 3. The van der Waals surface area contributed by atoms with E-state index in [2.05, 4.69) is 5.32 Å². The van der Waals surface area contributed by atoms with E-state index >= 15 is 0 Å². The van der Waals surface area contributed by atoms with E-state index in [1.54, 1.807) is 4.90 Å². The highest BCUT2D eigenvalue weighted by Crippen LogP contribution is 2.38. The zero-order valence-corrected chi connectivity index (χ0v) is 17.7. The fraction of sp³-hybridized carbons (Fsp3) is 0.632. The summed E-state index contributed by atoms with van der Waals surface area (Å²) in [6.07, 6.45) is -1.98. The van der Waals surface area contributed by atoms with E-state index < -0.39 is 38.9 Å². The van der Waals surface area contributed by atoms with Crippen LogP contribution in [-0.2, 0) is 20.8 Å². The number of carbonyl (C=O) groups is 1. The fourth-order valence-corrected chi connectivity index (χ4v) is 5.58. The molecule has 2 amide bonds. The first kappa shape index (κ1) is 22.7. The maximum Gasteiger partial charge on any atom is 0.418 e. The normalized spacial score (nSPS) is 22.8. The lowest BCUT2D eigenvalue weighted by molar-refractivity contribution is -0.136. The molecule has 1 N–H and O–H groups in total. The van der Waals surface area contributed by atoms with Gasteiger partial charge in [0.05, 0.1) is 29.7 Å². The molecule has 0 radical (unpaired) electrons. The summed E-state index contributed by atoms with van der Waals surface area (Å²) in [6, 6.07) is 2.46. The van der Waals surface area contributed by atoms with Crippen LogP contribution in [0.25, 0.3) is 0 Å². The number of sulfone groups is 1. The number of benzene rings is 1. The highest BCUT2D eigenvalue weighted by Gasteiger charge is 2.40. The molecule has 1 saturated carbocycles. The largest absolute Gasteiger partial charge is 0.418 e. The van der Waals surface area contributed by atoms with Gasteiger partial charge < -0.3 is 19.9 Å². The van der Waals surface area contributed by atoms with E-state index in [-0.39, 0.29) is 5.69 Å². The van der Waals surface area contributed by atoms with Crippen molar-refractivity contribution >= 4 is 27.2 Å². The van der Waals surface area contributed by atoms with Gasteiger partial charge in [0.25, 0.3) is 0 Å². The van der Waals surface area contributed by atoms with Gasteiger partial charge in [-0.2, -0.15) is 13.2 Å². The minimum Gasteiger partial charge on any atom is -0.378 e. The van der Waals surface area contributed by atoms with Crippen molar-refractivity contribution in [2.24, 2.45) is 0 Å². The number of morpholine rings is 1. The number of rotatable bonds is 4. The Morgan fingerprint density at radius 2 is 1.90 bits per heavy atom. The molecule has 1 aliphatic carbocycles. The molecule has 2 fully saturated rings. The standard InChI is InChI=1S/C19H26F3N3O4S/c1-24(16-4-3-5-17(16)30(2,27)28)18(26)23-15-7-6-13(12-14(15)19(20,21)22)25-8-10-29-11-9-25/h6-7,12,16-17H,3-5,8-11H2,1-2H3,(H,23,26)/t16-,17+/m0/s1. The van der Waals surface area contributed by atoms with Crippen LogP contribution in [0.15, 0.2) is 18.2 Å². The molecule has 168 valence electrons. The maximum absolute atomic E-state index is 13.7. The Labute approximate surface area is 174 Å². The van der Waals surface area contributed by atoms with Crippen LogP contribution in [0.1, 0.15) is 24.8 Å². The molecule has 1 saturated heterocycles. The fourth-order valence-electron chi connectivity index (χ4n) is 4.10. The minimum atomic E-state index is -4.66. The summed E-state index contributed by atoms with van der Waals surface area (Å²) < 4.78 is 70.2. The lowest BCUT2D eigenvalue weighted by Gasteiger charge is -2.31. The van der Waals surface area contributed by atoms with Crippen LogP contribution < -0.4 is 10.2 Å². The zero-order chi connectivity index (χ0) is 22.1. The van der Waals surface area contributed by atoms with E-state index in [0.717, 1.165) is 12.3 Å². The van der Waals surface area contributed by atoms with E-state index in [1.807, 2.05) is 0 Å². The Balaban J connectivity index is 1.81. The molecule has 11 heteroatoms. The Bertz CT molecular complexity index is 886. The van der Waals surface area contributed by atoms with Crippen molar-refractivity contribution in [3.8, 4) is 0 Å². The van der Waals surface area contributed by atoms with Crippen LogP contribution in [0, 0.1) is 0 Å². The van der Waals surface area contributed by atoms with E-state index in [1.165, 1.54) is 24.1 Å². The molecule has 7 nitrogen and oxygen atoms in total. The van der Waals surface area contributed by atoms with Crippen molar-refractivity contribution < 1.29 is 31.1 Å². The van der Waals surface area contributed by atoms with Crippen molar-refractivity contribution in [3.63, 3.8) is 0 Å². The molecule has 0 bridgehead atoms. The number of nitrogens with zero attached hydrogens (tertiary/aromatic N) is 2. The summed E-state index contributed by atoms with van der Waals surface area (Å²) in [6.45, 7) is 1.85. The number of carbonyl (C=O) groups excluding carboxylic acids is 1. The molecule has 0 spiro atoms. The van der Waals surface area contributed by atoms with E-state index in [0.29, 0.717) is 51.3 Å². The van der Waals surface area contributed by atoms with Crippen LogP contribution in [0.5, 0.6) is 0 Å². The van der Waals surface area contributed by atoms with Crippen LogP contribution in [0.3, 0.4) is 0 Å². The second-order valence-corrected chi connectivity index (χ2v) is 10.00. The molecule has 2 aliphatic rings. The molecule has 1 aliphatic heterocycles. The van der Waals surface area contributed by atoms with Crippen molar-refractivity contribution in [1.82, 2.24) is 4.90 Å². The van der Waals surface area contributed by atoms with Crippen molar-refractivity contribution in [2.75, 3.05) is 49.8 Å². The van der Waals surface area contributed by atoms with Crippen molar-refractivity contribution in [2.45, 2.75) is 36.7 Å². The molecule has 3 rings (SSSR count). The first-order chi connectivity index (χ1) is 14.0. The Hall–Kier alpha value is -2.01. The molecule has 0 unspecified atom stereocenters. The smallest absolute Gasteiger partial charge is 0.378 e. The highest BCUT2D eigenvalue weighted by atomic mass is 32.2. The van der Waals surface area contributed by atoms with Gasteiger partial charge >= 0.3 is 12.2 Å². The van der Waals surface area contributed by atoms with Gasteiger partial charge in [-0.1, -0.05) is 0 Å². The van der Waals surface area contributed by atoms with Crippen molar-refractivity contribution in [3.05, 3.63) is 23.8 Å². The van der Waals surface area contributed by atoms with Gasteiger partial charge in [0, 0.05) is 38.1 Å². The quantitative estimate of drug-likeness (QED) is 0.765. The summed E-state index contributed by atoms with van der Waals surface area (Å²) in [4.78, 5) is 15.7. The zero-order valence-electron chi connectivity index (χ0n) is 16.9. The van der Waals surface area contributed by atoms with Crippen LogP contribution >= 0.6 is 0 Å². The van der Waals surface area contributed by atoms with E-state index in [9.17, 15) is 26.4 Å². The van der Waals surface area contributed by atoms with Gasteiger partial charge in [0.15, 0.2) is 9.84 Å². The molecular weight excluding hydrogens is 423 g/mol. The summed E-state index contributed by atoms with van der Waals surface area (Å²) >= 11 is 0. The third kappa shape index (κ3) is 5.00. The third-order valence-electron chi connectivity index (χ3n) is 5.71. The number of hydrogen-bond acceptors (Lipinski definition) is 5. The van der Waals surface area contributed by atoms with Crippen LogP contribution in [0.2, 0.25) is 0 Å². The molecule has 2 atom stereocenters. The van der Waals surface area contributed by atoms with Gasteiger partial charge in [0.2, 0.25) is 0 Å². The number of hydrogen-bond donors (Lipinski definition) is 1. The van der Waals surface area contributed by atoms with E-state index in [4.69, 9.17) is 4.74 Å². The molecule has 30 heavy (non-hydrogen) atoms. The predicted octanol–water partition coefficient (Wildman–Crippen LogP) is 2.97. The number of amides is 2. The average molecular weight is 449 g/mol. The monoisotopic (exact) mass is 449 g/mol. The van der Waals surface area contributed by atoms with Crippen molar-refractivity contribution in [1.29, 1.82) is 0 Å². The second kappa shape index (κ2) is 8.62. The summed E-state index contributed by atoms with van der Waals surface area (Å²) in [5, 5.41) is 1.62. The van der Waals surface area contributed by atoms with Crippen LogP contribution in [0.4, 0.5) is 29.3 Å². The minimum absolute atomic E-state index is 0.356. The number of anilines is 2. The first-order valence-corrected chi connectivity index (χ1v) is 11.7. The molecule has 1 aromatic rings. The topological polar surface area (TPSA) is 79.0 Å². The maximum atomic E-state index is 13.7. The van der Waals surface area contributed by atoms with Gasteiger partial charge in [-0.05, 0) is 37.5 Å². The molecule has 1 heterocycles. The lowest BCUT2D eigenvalue weighted by atomic mass is 10.1. The SMILES string of the molecule is CN(C(=O)Nc1ccc(N2CCOCC2)cc1C(F)(F)F)[C@H]1CCC[C@H]1S(C)(=O)=O. The number of urea groups is 1. The molecule has 1 aromatic carbocycles. The third-order valence-corrected chi connectivity index (χ3v) is 7.36. The summed E-state index contributed by atoms with van der Waals surface area (Å²) in [5.74, 6) is 0. The number of halogens is 3. The second-order valence-electron chi connectivity index (χ2n) is 7.73. The predicted molar refractivity (Wildman–Crippen MR) is 108 cm³/mol. The van der Waals surface area contributed by atoms with Gasteiger partial charge in [-0.25, -0.2) is 13.2 Å². The first-order valence-electron chi connectivity index (χ1n) is 9.75. The number of ether oxygens (including phenoxy) is 1. The Morgan fingerprint density at radius 3 is 2.50 bits per heavy atom. The Morgan fingerprint density at radius 1 is 1.23 bits per heavy atom. The summed E-state index contributed by atoms with van der Waals surface area (Å²) in [7, 11) is -1.95. The van der Waals surface area contributed by atoms with Crippen LogP contribution in [-0.4, -0.2) is 70.2 Å². The number of nitrogens with one attached hydrogen (secondary N) is 1. The summed E-state index contributed by atoms with van der Waals surface area (Å²) in [5.41, 5.74) is -0.894. The highest BCUT2D eigenvalue weighted by molar-refractivity contribution is 7.91.